The van der Waals surface area contributed by atoms with Gasteiger partial charge in [-0.15, -0.1) is 0 Å². The molecular formula is C13H21N3. The van der Waals surface area contributed by atoms with E-state index in [4.69, 9.17) is 5.73 Å². The normalized spacial score (nSPS) is 24.2. The Balaban J connectivity index is 1.89. The Morgan fingerprint density at radius 1 is 1.44 bits per heavy atom. The summed E-state index contributed by atoms with van der Waals surface area (Å²) >= 11 is 0. The van der Waals surface area contributed by atoms with Crippen molar-refractivity contribution in [2.24, 2.45) is 5.73 Å². The van der Waals surface area contributed by atoms with E-state index in [9.17, 15) is 0 Å². The van der Waals surface area contributed by atoms with Gasteiger partial charge in [0.15, 0.2) is 0 Å². The summed E-state index contributed by atoms with van der Waals surface area (Å²) in [4.78, 5) is 2.36. The van der Waals surface area contributed by atoms with Crippen LogP contribution in [0.25, 0.3) is 0 Å². The Morgan fingerprint density at radius 3 is 2.88 bits per heavy atom. The van der Waals surface area contributed by atoms with Crippen molar-refractivity contribution < 1.29 is 0 Å². The van der Waals surface area contributed by atoms with Crippen LogP contribution >= 0.6 is 0 Å². The molecule has 1 aromatic carbocycles. The molecule has 0 aromatic heterocycles. The third-order valence-electron chi connectivity index (χ3n) is 3.22. The van der Waals surface area contributed by atoms with Crippen molar-refractivity contribution in [3.63, 3.8) is 0 Å². The van der Waals surface area contributed by atoms with Crippen LogP contribution in [0.5, 0.6) is 0 Å². The first-order valence-electron chi connectivity index (χ1n) is 5.98. The van der Waals surface area contributed by atoms with Gasteiger partial charge >= 0.3 is 0 Å². The fraction of sp³-hybridized carbons (Fsp3) is 0.538. The average molecular weight is 219 g/mol. The highest BCUT2D eigenvalue weighted by Crippen LogP contribution is 2.16. The number of nitrogens with two attached hydrogens (primary N) is 1. The molecule has 1 heterocycles. The Bertz CT molecular complexity index is 312. The van der Waals surface area contributed by atoms with Crippen LogP contribution in [0.15, 0.2) is 30.3 Å². The van der Waals surface area contributed by atoms with Crippen LogP contribution in [0.4, 0.5) is 0 Å². The third-order valence-corrected chi connectivity index (χ3v) is 3.22. The van der Waals surface area contributed by atoms with Crippen molar-refractivity contribution in [2.45, 2.75) is 18.5 Å². The van der Waals surface area contributed by atoms with Crippen LogP contribution in [-0.2, 0) is 0 Å². The summed E-state index contributed by atoms with van der Waals surface area (Å²) in [7, 11) is 2.17. The second-order valence-corrected chi connectivity index (χ2v) is 4.67. The lowest BCUT2D eigenvalue weighted by atomic mass is 9.99. The molecule has 1 fully saturated rings. The summed E-state index contributed by atoms with van der Waals surface area (Å²) in [5, 5.41) is 3.53. The first-order chi connectivity index (χ1) is 7.75. The molecule has 0 aliphatic carbocycles. The number of hydrogen-bond donors (Lipinski definition) is 2. The smallest absolute Gasteiger partial charge is 0.0310 e. The standard InChI is InChI=1S/C13H21N3/c1-16-8-7-15-12(10-16)9-13(14)11-5-3-2-4-6-11/h2-6,12-13,15H,7-10,14H2,1H3. The van der Waals surface area contributed by atoms with Crippen LogP contribution in [0.1, 0.15) is 18.0 Å². The van der Waals surface area contributed by atoms with E-state index in [1.54, 1.807) is 0 Å². The molecule has 0 saturated carbocycles. The molecule has 1 aliphatic rings. The molecule has 2 rings (SSSR count). The zero-order chi connectivity index (χ0) is 11.4. The van der Waals surface area contributed by atoms with Crippen molar-refractivity contribution in [1.82, 2.24) is 10.2 Å². The number of rotatable bonds is 3. The SMILES string of the molecule is CN1CCNC(CC(N)c2ccccc2)C1. The van der Waals surface area contributed by atoms with E-state index in [0.717, 1.165) is 26.1 Å². The van der Waals surface area contributed by atoms with Crippen LogP contribution in [0.3, 0.4) is 0 Å². The van der Waals surface area contributed by atoms with Gasteiger partial charge < -0.3 is 16.0 Å². The number of likely N-dealkylation sites (N-methyl/N-ethyl adjacent to an activating group) is 1. The fourth-order valence-corrected chi connectivity index (χ4v) is 2.29. The van der Waals surface area contributed by atoms with Crippen molar-refractivity contribution in [3.8, 4) is 0 Å². The first-order valence-corrected chi connectivity index (χ1v) is 5.98. The summed E-state index contributed by atoms with van der Waals surface area (Å²) in [6, 6.07) is 11.0. The first kappa shape index (κ1) is 11.6. The second kappa shape index (κ2) is 5.43. The molecular weight excluding hydrogens is 198 g/mol. The van der Waals surface area contributed by atoms with E-state index in [-0.39, 0.29) is 6.04 Å². The maximum absolute atomic E-state index is 6.21. The van der Waals surface area contributed by atoms with Gasteiger partial charge in [-0.05, 0) is 19.0 Å². The molecule has 0 amide bonds. The summed E-state index contributed by atoms with van der Waals surface area (Å²) in [5.41, 5.74) is 7.45. The third kappa shape index (κ3) is 3.04. The van der Waals surface area contributed by atoms with Crippen LogP contribution in [0, 0.1) is 0 Å². The minimum atomic E-state index is 0.144. The molecule has 0 spiro atoms. The topological polar surface area (TPSA) is 41.3 Å². The van der Waals surface area contributed by atoms with Crippen molar-refractivity contribution in [3.05, 3.63) is 35.9 Å². The molecule has 1 aromatic rings. The van der Waals surface area contributed by atoms with E-state index in [2.05, 4.69) is 41.5 Å². The molecule has 16 heavy (non-hydrogen) atoms. The van der Waals surface area contributed by atoms with Gasteiger partial charge in [0.2, 0.25) is 0 Å². The number of nitrogens with zero attached hydrogens (tertiary/aromatic N) is 1. The zero-order valence-electron chi connectivity index (χ0n) is 9.89. The van der Waals surface area contributed by atoms with Crippen molar-refractivity contribution in [1.29, 1.82) is 0 Å². The Kier molecular flexibility index (Phi) is 3.93. The van der Waals surface area contributed by atoms with Crippen molar-refractivity contribution in [2.75, 3.05) is 26.7 Å². The second-order valence-electron chi connectivity index (χ2n) is 4.67. The van der Waals surface area contributed by atoms with E-state index < -0.39 is 0 Å². The molecule has 3 heteroatoms. The molecule has 1 saturated heterocycles. The molecule has 0 radical (unpaired) electrons. The van der Waals surface area contributed by atoms with Gasteiger partial charge in [-0.3, -0.25) is 0 Å². The van der Waals surface area contributed by atoms with E-state index in [1.165, 1.54) is 5.56 Å². The number of hydrogen-bond acceptors (Lipinski definition) is 3. The molecule has 3 nitrogen and oxygen atoms in total. The fourth-order valence-electron chi connectivity index (χ4n) is 2.29. The lowest BCUT2D eigenvalue weighted by molar-refractivity contribution is 0.226. The van der Waals surface area contributed by atoms with E-state index in [0.29, 0.717) is 6.04 Å². The van der Waals surface area contributed by atoms with Gasteiger partial charge in [-0.2, -0.15) is 0 Å². The van der Waals surface area contributed by atoms with Gasteiger partial charge in [0.25, 0.3) is 0 Å². The monoisotopic (exact) mass is 219 g/mol. The molecule has 3 N–H and O–H groups in total. The summed E-state index contributed by atoms with van der Waals surface area (Å²) in [5.74, 6) is 0. The molecule has 1 aliphatic heterocycles. The molecule has 2 atom stereocenters. The predicted octanol–water partition coefficient (Wildman–Crippen LogP) is 0.980. The Morgan fingerprint density at radius 2 is 2.19 bits per heavy atom. The minimum Gasteiger partial charge on any atom is -0.324 e. The van der Waals surface area contributed by atoms with Gasteiger partial charge in [-0.1, -0.05) is 30.3 Å². The van der Waals surface area contributed by atoms with Gasteiger partial charge in [-0.25, -0.2) is 0 Å². The number of piperazine rings is 1. The molecule has 2 unspecified atom stereocenters. The Hall–Kier alpha value is -0.900. The summed E-state index contributed by atoms with van der Waals surface area (Å²) in [6.07, 6.45) is 1.01. The Labute approximate surface area is 97.6 Å². The number of benzene rings is 1. The highest BCUT2D eigenvalue weighted by atomic mass is 15.2. The largest absolute Gasteiger partial charge is 0.324 e. The quantitative estimate of drug-likeness (QED) is 0.796. The molecule has 0 bridgehead atoms. The summed E-state index contributed by atoms with van der Waals surface area (Å²) in [6.45, 7) is 3.31. The predicted molar refractivity (Wildman–Crippen MR) is 67.3 cm³/mol. The van der Waals surface area contributed by atoms with Gasteiger partial charge in [0, 0.05) is 31.7 Å². The summed E-state index contributed by atoms with van der Waals surface area (Å²) < 4.78 is 0. The van der Waals surface area contributed by atoms with Gasteiger partial charge in [0.1, 0.15) is 0 Å². The van der Waals surface area contributed by atoms with Crippen LogP contribution in [-0.4, -0.2) is 37.6 Å². The number of nitrogens with one attached hydrogen (secondary N) is 1. The maximum Gasteiger partial charge on any atom is 0.0310 e. The lowest BCUT2D eigenvalue weighted by Gasteiger charge is -2.32. The van der Waals surface area contributed by atoms with Crippen LogP contribution in [0.2, 0.25) is 0 Å². The zero-order valence-corrected chi connectivity index (χ0v) is 9.89. The minimum absolute atomic E-state index is 0.144. The van der Waals surface area contributed by atoms with Crippen LogP contribution < -0.4 is 11.1 Å². The van der Waals surface area contributed by atoms with E-state index >= 15 is 0 Å². The van der Waals surface area contributed by atoms with E-state index in [1.807, 2.05) is 6.07 Å². The highest BCUT2D eigenvalue weighted by Gasteiger charge is 2.19. The van der Waals surface area contributed by atoms with Crippen molar-refractivity contribution >= 4 is 0 Å². The average Bonchev–Trinajstić information content (AvgIpc) is 2.30. The highest BCUT2D eigenvalue weighted by molar-refractivity contribution is 5.18. The molecule has 88 valence electrons. The maximum atomic E-state index is 6.21. The van der Waals surface area contributed by atoms with Gasteiger partial charge in [0.05, 0.1) is 0 Å². The lowest BCUT2D eigenvalue weighted by Crippen LogP contribution is -2.49.